The fourth-order valence-corrected chi connectivity index (χ4v) is 1.30. The fraction of sp³-hybridized carbons (Fsp3) is 1.00. The van der Waals surface area contributed by atoms with Crippen molar-refractivity contribution in [2.45, 2.75) is 45.4 Å². The predicted octanol–water partition coefficient (Wildman–Crippen LogP) is 3.01. The summed E-state index contributed by atoms with van der Waals surface area (Å²) in [5, 5.41) is 0. The first-order valence-corrected chi connectivity index (χ1v) is 5.48. The van der Waals surface area contributed by atoms with Crippen molar-refractivity contribution in [2.24, 2.45) is 0 Å². The van der Waals surface area contributed by atoms with Crippen molar-refractivity contribution in [1.29, 1.82) is 0 Å². The minimum atomic E-state index is 0.855. The molecule has 0 fully saturated rings. The Bertz CT molecular complexity index is 74.2. The second kappa shape index (κ2) is 11.9. The van der Waals surface area contributed by atoms with Gasteiger partial charge >= 0.3 is 0 Å². The van der Waals surface area contributed by atoms with E-state index in [1.807, 2.05) is 6.92 Å². The minimum Gasteiger partial charge on any atom is -0.385 e. The zero-order valence-corrected chi connectivity index (χ0v) is 9.18. The molecule has 0 heterocycles. The summed E-state index contributed by atoms with van der Waals surface area (Å²) in [5.74, 6) is 0. The highest BCUT2D eigenvalue weighted by atomic mass is 16.5. The van der Waals surface area contributed by atoms with Gasteiger partial charge in [0.1, 0.15) is 0 Å². The molecule has 0 unspecified atom stereocenters. The van der Waals surface area contributed by atoms with E-state index in [2.05, 4.69) is 0 Å². The molecule has 80 valence electrons. The van der Waals surface area contributed by atoms with Gasteiger partial charge in [-0.3, -0.25) is 0 Å². The molecule has 13 heavy (non-hydrogen) atoms. The van der Waals surface area contributed by atoms with Crippen LogP contribution >= 0.6 is 0 Å². The molecule has 0 N–H and O–H groups in total. The quantitative estimate of drug-likeness (QED) is 0.491. The summed E-state index contributed by atoms with van der Waals surface area (Å²) in [5.41, 5.74) is 0. The van der Waals surface area contributed by atoms with Gasteiger partial charge in [0.25, 0.3) is 0 Å². The minimum absolute atomic E-state index is 0.855. The van der Waals surface area contributed by atoms with Gasteiger partial charge in [0.05, 0.1) is 0 Å². The van der Waals surface area contributed by atoms with Gasteiger partial charge in [-0.2, -0.15) is 0 Å². The Morgan fingerprint density at radius 3 is 1.85 bits per heavy atom. The van der Waals surface area contributed by atoms with Crippen molar-refractivity contribution in [3.05, 3.63) is 0 Å². The summed E-state index contributed by atoms with van der Waals surface area (Å²) in [6.07, 6.45) is 7.74. The van der Waals surface area contributed by atoms with E-state index >= 15 is 0 Å². The molecule has 2 heteroatoms. The van der Waals surface area contributed by atoms with Gasteiger partial charge in [-0.1, -0.05) is 25.7 Å². The van der Waals surface area contributed by atoms with E-state index in [0.29, 0.717) is 0 Å². The van der Waals surface area contributed by atoms with Crippen LogP contribution in [0.2, 0.25) is 0 Å². The van der Waals surface area contributed by atoms with Crippen LogP contribution in [0.1, 0.15) is 45.4 Å². The summed E-state index contributed by atoms with van der Waals surface area (Å²) in [6.45, 7) is 4.76. The van der Waals surface area contributed by atoms with Crippen LogP contribution in [0.3, 0.4) is 0 Å². The number of unbranched alkanes of at least 4 members (excludes halogenated alkanes) is 5. The first-order chi connectivity index (χ1) is 6.41. The average Bonchev–Trinajstić information content (AvgIpc) is 2.16. The topological polar surface area (TPSA) is 18.5 Å². The van der Waals surface area contributed by atoms with Crippen LogP contribution in [0.15, 0.2) is 0 Å². The van der Waals surface area contributed by atoms with Crippen LogP contribution in [-0.2, 0) is 9.47 Å². The number of methoxy groups -OCH3 is 1. The highest BCUT2D eigenvalue weighted by molar-refractivity contribution is 4.44. The molecule has 0 saturated heterocycles. The highest BCUT2D eigenvalue weighted by Crippen LogP contribution is 2.05. The van der Waals surface area contributed by atoms with E-state index in [-0.39, 0.29) is 0 Å². The molecule has 0 amide bonds. The first kappa shape index (κ1) is 12.9. The number of rotatable bonds is 10. The molecular weight excluding hydrogens is 164 g/mol. The smallest absolute Gasteiger partial charge is 0.0465 e. The standard InChI is InChI=1S/C11H24O2/c1-3-13-11-9-7-5-4-6-8-10-12-2/h3-11H2,1-2H3. The lowest BCUT2D eigenvalue weighted by Gasteiger charge is -2.01. The van der Waals surface area contributed by atoms with Crippen LogP contribution in [0, 0.1) is 0 Å². The van der Waals surface area contributed by atoms with Gasteiger partial charge in [0.2, 0.25) is 0 Å². The molecule has 0 aromatic rings. The van der Waals surface area contributed by atoms with Crippen LogP contribution in [0.5, 0.6) is 0 Å². The van der Waals surface area contributed by atoms with Crippen molar-refractivity contribution >= 4 is 0 Å². The Kier molecular flexibility index (Phi) is 11.8. The molecule has 2 nitrogen and oxygen atoms in total. The Morgan fingerprint density at radius 1 is 0.769 bits per heavy atom. The molecule has 0 saturated carbocycles. The zero-order valence-electron chi connectivity index (χ0n) is 9.18. The predicted molar refractivity (Wildman–Crippen MR) is 56.1 cm³/mol. The van der Waals surface area contributed by atoms with E-state index in [4.69, 9.17) is 9.47 Å². The average molecular weight is 188 g/mol. The van der Waals surface area contributed by atoms with E-state index in [9.17, 15) is 0 Å². The maximum atomic E-state index is 5.26. The van der Waals surface area contributed by atoms with Gasteiger partial charge in [0, 0.05) is 26.9 Å². The van der Waals surface area contributed by atoms with E-state index in [0.717, 1.165) is 19.8 Å². The molecule has 0 spiro atoms. The summed E-state index contributed by atoms with van der Waals surface area (Å²) in [7, 11) is 1.77. The third-order valence-corrected chi connectivity index (χ3v) is 2.09. The van der Waals surface area contributed by atoms with Crippen LogP contribution < -0.4 is 0 Å². The SMILES string of the molecule is CCOCCCCCCCCOC. The van der Waals surface area contributed by atoms with Crippen LogP contribution in [0.4, 0.5) is 0 Å². The second-order valence-corrected chi connectivity index (χ2v) is 3.31. The Hall–Kier alpha value is -0.0800. The van der Waals surface area contributed by atoms with E-state index in [1.54, 1.807) is 7.11 Å². The summed E-state index contributed by atoms with van der Waals surface area (Å²) in [4.78, 5) is 0. The monoisotopic (exact) mass is 188 g/mol. The Labute approximate surface area is 82.6 Å². The van der Waals surface area contributed by atoms with Crippen molar-refractivity contribution < 1.29 is 9.47 Å². The molecule has 0 aromatic carbocycles. The maximum Gasteiger partial charge on any atom is 0.0465 e. The maximum absolute atomic E-state index is 5.26. The Balaban J connectivity index is 2.76. The van der Waals surface area contributed by atoms with Crippen molar-refractivity contribution in [3.8, 4) is 0 Å². The number of hydrogen-bond donors (Lipinski definition) is 0. The lowest BCUT2D eigenvalue weighted by atomic mass is 10.1. The van der Waals surface area contributed by atoms with Crippen LogP contribution in [-0.4, -0.2) is 26.9 Å². The number of hydrogen-bond acceptors (Lipinski definition) is 2. The van der Waals surface area contributed by atoms with Crippen LogP contribution in [0.25, 0.3) is 0 Å². The van der Waals surface area contributed by atoms with E-state index in [1.165, 1.54) is 38.5 Å². The van der Waals surface area contributed by atoms with Gasteiger partial charge in [0.15, 0.2) is 0 Å². The molecule has 0 atom stereocenters. The van der Waals surface area contributed by atoms with Crippen molar-refractivity contribution in [1.82, 2.24) is 0 Å². The lowest BCUT2D eigenvalue weighted by Crippen LogP contribution is -1.93. The zero-order chi connectivity index (χ0) is 9.78. The molecular formula is C11H24O2. The number of ether oxygens (including phenoxy) is 2. The molecule has 0 aliphatic rings. The van der Waals surface area contributed by atoms with Gasteiger partial charge < -0.3 is 9.47 Å². The second-order valence-electron chi connectivity index (χ2n) is 3.31. The third-order valence-electron chi connectivity index (χ3n) is 2.09. The molecule has 0 aliphatic carbocycles. The first-order valence-electron chi connectivity index (χ1n) is 5.48. The highest BCUT2D eigenvalue weighted by Gasteiger charge is 1.90. The molecule has 0 aliphatic heterocycles. The third kappa shape index (κ3) is 11.9. The van der Waals surface area contributed by atoms with Crippen molar-refractivity contribution in [2.75, 3.05) is 26.9 Å². The molecule has 0 rings (SSSR count). The lowest BCUT2D eigenvalue weighted by molar-refractivity contribution is 0.142. The van der Waals surface area contributed by atoms with Gasteiger partial charge in [-0.05, 0) is 19.8 Å². The molecule has 0 aromatic heterocycles. The fourth-order valence-electron chi connectivity index (χ4n) is 1.30. The van der Waals surface area contributed by atoms with Crippen molar-refractivity contribution in [3.63, 3.8) is 0 Å². The van der Waals surface area contributed by atoms with Gasteiger partial charge in [-0.25, -0.2) is 0 Å². The Morgan fingerprint density at radius 2 is 1.31 bits per heavy atom. The summed E-state index contributed by atoms with van der Waals surface area (Å²) >= 11 is 0. The van der Waals surface area contributed by atoms with Gasteiger partial charge in [-0.15, -0.1) is 0 Å². The summed E-state index contributed by atoms with van der Waals surface area (Å²) in [6, 6.07) is 0. The summed E-state index contributed by atoms with van der Waals surface area (Å²) < 4.78 is 10.2. The largest absolute Gasteiger partial charge is 0.385 e. The van der Waals surface area contributed by atoms with E-state index < -0.39 is 0 Å². The molecule has 0 radical (unpaired) electrons. The molecule has 0 bridgehead atoms. The normalized spacial score (nSPS) is 10.6.